The lowest BCUT2D eigenvalue weighted by molar-refractivity contribution is 0.102. The predicted molar refractivity (Wildman–Crippen MR) is 66.2 cm³/mol. The monoisotopic (exact) mass is 348 g/mol. The highest BCUT2D eigenvalue weighted by molar-refractivity contribution is 9.10. The minimum absolute atomic E-state index is 0.0828. The molecule has 0 bridgehead atoms. The molecule has 0 atom stereocenters. The van der Waals surface area contributed by atoms with E-state index in [0.29, 0.717) is 6.07 Å². The maximum atomic E-state index is 13.4. The van der Waals surface area contributed by atoms with Gasteiger partial charge in [0, 0.05) is 0 Å². The third kappa shape index (κ3) is 2.79. The van der Waals surface area contributed by atoms with Crippen LogP contribution in [-0.4, -0.2) is 10.9 Å². The van der Waals surface area contributed by atoms with Gasteiger partial charge in [-0.2, -0.15) is 0 Å². The van der Waals surface area contributed by atoms with Crippen molar-refractivity contribution < 1.29 is 22.4 Å². The standard InChI is InChI=1S/C12H5BrF4N2O/c13-7-3-5(14)4-18-11(7)19-12(20)6-1-2-8(15)10(17)9(6)16/h1-4H,(H,18,19,20). The molecule has 0 saturated carbocycles. The fraction of sp³-hybridized carbons (Fsp3) is 0. The molecular formula is C12H5BrF4N2O. The fourth-order valence-corrected chi connectivity index (χ4v) is 1.80. The van der Waals surface area contributed by atoms with Crippen molar-refractivity contribution in [3.8, 4) is 0 Å². The molecule has 0 aliphatic heterocycles. The van der Waals surface area contributed by atoms with Crippen LogP contribution in [0.5, 0.6) is 0 Å². The summed E-state index contributed by atoms with van der Waals surface area (Å²) in [4.78, 5) is 15.3. The molecule has 0 aliphatic rings. The Morgan fingerprint density at radius 1 is 1.15 bits per heavy atom. The van der Waals surface area contributed by atoms with Gasteiger partial charge in [-0.15, -0.1) is 0 Å². The van der Waals surface area contributed by atoms with Gasteiger partial charge >= 0.3 is 0 Å². The molecule has 0 aliphatic carbocycles. The van der Waals surface area contributed by atoms with Crippen molar-refractivity contribution in [2.45, 2.75) is 0 Å². The second-order valence-corrected chi connectivity index (χ2v) is 4.52. The Hall–Kier alpha value is -1.96. The van der Waals surface area contributed by atoms with Gasteiger partial charge in [0.15, 0.2) is 17.5 Å². The van der Waals surface area contributed by atoms with Gasteiger partial charge in [-0.1, -0.05) is 0 Å². The van der Waals surface area contributed by atoms with Crippen LogP contribution in [0.3, 0.4) is 0 Å². The van der Waals surface area contributed by atoms with E-state index in [1.165, 1.54) is 0 Å². The molecule has 1 aromatic carbocycles. The number of aromatic nitrogens is 1. The lowest BCUT2D eigenvalue weighted by atomic mass is 10.2. The Labute approximate surface area is 118 Å². The zero-order valence-corrected chi connectivity index (χ0v) is 11.1. The van der Waals surface area contributed by atoms with Gasteiger partial charge in [-0.3, -0.25) is 4.79 Å². The van der Waals surface area contributed by atoms with E-state index in [0.717, 1.165) is 18.3 Å². The Morgan fingerprint density at radius 3 is 2.50 bits per heavy atom. The number of amides is 1. The normalized spacial score (nSPS) is 10.4. The zero-order chi connectivity index (χ0) is 14.9. The van der Waals surface area contributed by atoms with Gasteiger partial charge in [-0.25, -0.2) is 22.5 Å². The molecule has 3 nitrogen and oxygen atoms in total. The number of hydrogen-bond acceptors (Lipinski definition) is 2. The van der Waals surface area contributed by atoms with E-state index in [-0.39, 0.29) is 10.3 Å². The Bertz CT molecular complexity index is 693. The smallest absolute Gasteiger partial charge is 0.259 e. The molecule has 2 rings (SSSR count). The summed E-state index contributed by atoms with van der Waals surface area (Å²) in [6.07, 6.45) is 0.835. The topological polar surface area (TPSA) is 42.0 Å². The largest absolute Gasteiger partial charge is 0.306 e. The van der Waals surface area contributed by atoms with E-state index < -0.39 is 34.7 Å². The van der Waals surface area contributed by atoms with Crippen LogP contribution in [0, 0.1) is 23.3 Å². The minimum Gasteiger partial charge on any atom is -0.306 e. The lowest BCUT2D eigenvalue weighted by Crippen LogP contribution is -2.16. The first-order valence-corrected chi connectivity index (χ1v) is 5.95. The summed E-state index contributed by atoms with van der Waals surface area (Å²) in [5.74, 6) is -6.53. The Balaban J connectivity index is 2.31. The van der Waals surface area contributed by atoms with Gasteiger partial charge in [0.2, 0.25) is 0 Å². The van der Waals surface area contributed by atoms with E-state index in [9.17, 15) is 22.4 Å². The molecule has 0 saturated heterocycles. The minimum atomic E-state index is -1.75. The highest BCUT2D eigenvalue weighted by Crippen LogP contribution is 2.22. The molecule has 2 aromatic rings. The highest BCUT2D eigenvalue weighted by atomic mass is 79.9. The van der Waals surface area contributed by atoms with Crippen molar-refractivity contribution in [2.75, 3.05) is 5.32 Å². The lowest BCUT2D eigenvalue weighted by Gasteiger charge is -2.07. The van der Waals surface area contributed by atoms with E-state index >= 15 is 0 Å². The first-order chi connectivity index (χ1) is 9.40. The number of hydrogen-bond donors (Lipinski definition) is 1. The average Bonchev–Trinajstić information content (AvgIpc) is 2.39. The molecule has 1 heterocycles. The highest BCUT2D eigenvalue weighted by Gasteiger charge is 2.19. The summed E-state index contributed by atoms with van der Waals surface area (Å²) in [5, 5.41) is 2.15. The first kappa shape index (κ1) is 14.4. The maximum absolute atomic E-state index is 13.4. The number of benzene rings is 1. The van der Waals surface area contributed by atoms with Crippen molar-refractivity contribution in [3.05, 3.63) is 57.7 Å². The molecule has 0 fully saturated rings. The van der Waals surface area contributed by atoms with E-state index in [1.54, 1.807) is 0 Å². The molecule has 0 spiro atoms. The maximum Gasteiger partial charge on any atom is 0.259 e. The van der Waals surface area contributed by atoms with Crippen molar-refractivity contribution in [1.82, 2.24) is 4.98 Å². The van der Waals surface area contributed by atoms with Crippen molar-refractivity contribution in [1.29, 1.82) is 0 Å². The summed E-state index contributed by atoms with van der Waals surface area (Å²) in [7, 11) is 0. The third-order valence-corrected chi connectivity index (χ3v) is 2.92. The SMILES string of the molecule is O=C(Nc1ncc(F)cc1Br)c1ccc(F)c(F)c1F. The van der Waals surface area contributed by atoms with Crippen LogP contribution in [0.25, 0.3) is 0 Å². The van der Waals surface area contributed by atoms with Crippen LogP contribution in [0.4, 0.5) is 23.4 Å². The molecule has 0 radical (unpaired) electrons. The summed E-state index contributed by atoms with van der Waals surface area (Å²) in [5.41, 5.74) is -0.693. The van der Waals surface area contributed by atoms with Gasteiger partial charge in [-0.05, 0) is 34.1 Å². The predicted octanol–water partition coefficient (Wildman–Crippen LogP) is 3.65. The van der Waals surface area contributed by atoms with Crippen LogP contribution in [-0.2, 0) is 0 Å². The van der Waals surface area contributed by atoms with E-state index in [1.807, 2.05) is 0 Å². The molecule has 1 N–H and O–H groups in total. The summed E-state index contributed by atoms with van der Waals surface area (Å²) < 4.78 is 52.1. The first-order valence-electron chi connectivity index (χ1n) is 5.16. The zero-order valence-electron chi connectivity index (χ0n) is 9.55. The number of pyridine rings is 1. The number of rotatable bonds is 2. The number of carbonyl (C=O) groups excluding carboxylic acids is 1. The van der Waals surface area contributed by atoms with Crippen LogP contribution in [0.15, 0.2) is 28.9 Å². The number of halogens is 5. The Kier molecular flexibility index (Phi) is 4.03. The van der Waals surface area contributed by atoms with E-state index in [2.05, 4.69) is 26.2 Å². The number of carbonyl (C=O) groups is 1. The summed E-state index contributed by atoms with van der Waals surface area (Å²) >= 11 is 2.95. The molecule has 1 aromatic heterocycles. The third-order valence-electron chi connectivity index (χ3n) is 2.32. The molecule has 8 heteroatoms. The number of anilines is 1. The fourth-order valence-electron chi connectivity index (χ4n) is 1.38. The van der Waals surface area contributed by atoms with Crippen LogP contribution < -0.4 is 5.32 Å². The van der Waals surface area contributed by atoms with Crippen LogP contribution in [0.1, 0.15) is 10.4 Å². The summed E-state index contributed by atoms with van der Waals surface area (Å²) in [6, 6.07) is 2.45. The quantitative estimate of drug-likeness (QED) is 0.664. The van der Waals surface area contributed by atoms with Crippen molar-refractivity contribution in [2.24, 2.45) is 0 Å². The second kappa shape index (κ2) is 5.58. The average molecular weight is 349 g/mol. The van der Waals surface area contributed by atoms with Crippen molar-refractivity contribution >= 4 is 27.7 Å². The molecule has 20 heavy (non-hydrogen) atoms. The van der Waals surface area contributed by atoms with Gasteiger partial charge < -0.3 is 5.32 Å². The van der Waals surface area contributed by atoms with Crippen LogP contribution in [0.2, 0.25) is 0 Å². The molecule has 0 unspecified atom stereocenters. The molecule has 1 amide bonds. The Morgan fingerprint density at radius 2 is 1.85 bits per heavy atom. The molecular weight excluding hydrogens is 344 g/mol. The second-order valence-electron chi connectivity index (χ2n) is 3.66. The van der Waals surface area contributed by atoms with Gasteiger partial charge in [0.1, 0.15) is 11.6 Å². The van der Waals surface area contributed by atoms with Crippen molar-refractivity contribution in [3.63, 3.8) is 0 Å². The number of nitrogens with zero attached hydrogens (tertiary/aromatic N) is 1. The van der Waals surface area contributed by atoms with Gasteiger partial charge in [0.05, 0.1) is 16.2 Å². The molecule has 104 valence electrons. The summed E-state index contributed by atoms with van der Waals surface area (Å²) in [6.45, 7) is 0. The van der Waals surface area contributed by atoms with Gasteiger partial charge in [0.25, 0.3) is 5.91 Å². The van der Waals surface area contributed by atoms with Crippen LogP contribution >= 0.6 is 15.9 Å². The van der Waals surface area contributed by atoms with E-state index in [4.69, 9.17) is 0 Å². The number of nitrogens with one attached hydrogen (secondary N) is 1.